The minimum atomic E-state index is -0.410. The third kappa shape index (κ3) is 1.61. The van der Waals surface area contributed by atoms with Gasteiger partial charge in [0, 0.05) is 9.75 Å². The van der Waals surface area contributed by atoms with Gasteiger partial charge in [-0.2, -0.15) is 0 Å². The molecule has 4 aromatic rings. The lowest BCUT2D eigenvalue weighted by Gasteiger charge is -2.36. The SMILES string of the molecule is O=C1C(=O)C2c3ccccc3C1c1sc3c(c12)Cc1cc2ccccc2cc1-3. The number of benzene rings is 3. The molecule has 0 fully saturated rings. The fourth-order valence-electron chi connectivity index (χ4n) is 5.41. The molecule has 0 saturated carbocycles. The zero-order valence-electron chi connectivity index (χ0n) is 14.9. The van der Waals surface area contributed by atoms with Crippen molar-refractivity contribution in [3.63, 3.8) is 0 Å². The van der Waals surface area contributed by atoms with Crippen LogP contribution in [-0.2, 0) is 16.0 Å². The molecule has 2 nitrogen and oxygen atoms in total. The van der Waals surface area contributed by atoms with E-state index >= 15 is 0 Å². The molecular weight excluding hydrogens is 364 g/mol. The van der Waals surface area contributed by atoms with E-state index in [-0.39, 0.29) is 11.6 Å². The Morgan fingerprint density at radius 3 is 2.21 bits per heavy atom. The van der Waals surface area contributed by atoms with Gasteiger partial charge in [-0.25, -0.2) is 0 Å². The Hall–Kier alpha value is -3.04. The van der Waals surface area contributed by atoms with Gasteiger partial charge in [-0.05, 0) is 56.6 Å². The number of carbonyl (C=O) groups excluding carboxylic acids is 2. The second-order valence-electron chi connectivity index (χ2n) is 7.94. The van der Waals surface area contributed by atoms with Crippen LogP contribution in [0.5, 0.6) is 0 Å². The predicted molar refractivity (Wildman–Crippen MR) is 110 cm³/mol. The van der Waals surface area contributed by atoms with Crippen molar-refractivity contribution in [1.29, 1.82) is 0 Å². The van der Waals surface area contributed by atoms with Gasteiger partial charge in [0.05, 0.1) is 11.8 Å². The molecule has 3 heteroatoms. The van der Waals surface area contributed by atoms with Crippen LogP contribution < -0.4 is 0 Å². The van der Waals surface area contributed by atoms with E-state index in [1.54, 1.807) is 11.3 Å². The van der Waals surface area contributed by atoms with Crippen LogP contribution >= 0.6 is 11.3 Å². The third-order valence-corrected chi connectivity index (χ3v) is 7.94. The van der Waals surface area contributed by atoms with Gasteiger partial charge in [-0.15, -0.1) is 11.3 Å². The van der Waals surface area contributed by atoms with Crippen LogP contribution in [0.25, 0.3) is 21.2 Å². The molecule has 0 radical (unpaired) electrons. The van der Waals surface area contributed by atoms with Gasteiger partial charge in [0.25, 0.3) is 0 Å². The molecule has 0 spiro atoms. The van der Waals surface area contributed by atoms with E-state index in [2.05, 4.69) is 36.4 Å². The molecule has 28 heavy (non-hydrogen) atoms. The van der Waals surface area contributed by atoms with Gasteiger partial charge in [0.15, 0.2) is 0 Å². The van der Waals surface area contributed by atoms with Crippen molar-refractivity contribution in [1.82, 2.24) is 0 Å². The Labute approximate surface area is 165 Å². The molecule has 1 heterocycles. The molecule has 4 aliphatic rings. The Morgan fingerprint density at radius 2 is 1.43 bits per heavy atom. The molecule has 3 aromatic carbocycles. The summed E-state index contributed by atoms with van der Waals surface area (Å²) in [5.41, 5.74) is 7.08. The predicted octanol–water partition coefficient (Wildman–Crippen LogP) is 5.20. The van der Waals surface area contributed by atoms with Crippen molar-refractivity contribution in [2.24, 2.45) is 0 Å². The number of thiophene rings is 1. The van der Waals surface area contributed by atoms with Crippen molar-refractivity contribution in [2.75, 3.05) is 0 Å². The molecule has 2 unspecified atom stereocenters. The zero-order chi connectivity index (χ0) is 18.6. The molecule has 0 aliphatic heterocycles. The first-order valence-electron chi connectivity index (χ1n) is 9.57. The highest BCUT2D eigenvalue weighted by atomic mass is 32.1. The van der Waals surface area contributed by atoms with Crippen LogP contribution in [0.1, 0.15) is 44.5 Å². The first kappa shape index (κ1) is 14.9. The molecule has 8 rings (SSSR count). The molecule has 132 valence electrons. The average Bonchev–Trinajstić information content (AvgIpc) is 3.25. The average molecular weight is 378 g/mol. The number of hydrogen-bond acceptors (Lipinski definition) is 3. The van der Waals surface area contributed by atoms with Crippen molar-refractivity contribution < 1.29 is 9.59 Å². The van der Waals surface area contributed by atoms with Gasteiger partial charge >= 0.3 is 0 Å². The summed E-state index contributed by atoms with van der Waals surface area (Å²) in [5, 5.41) is 2.49. The maximum absolute atomic E-state index is 12.9. The first-order valence-corrected chi connectivity index (χ1v) is 10.4. The van der Waals surface area contributed by atoms with Crippen LogP contribution in [0.4, 0.5) is 0 Å². The topological polar surface area (TPSA) is 34.1 Å². The lowest BCUT2D eigenvalue weighted by atomic mass is 9.64. The van der Waals surface area contributed by atoms with Crippen molar-refractivity contribution in [3.05, 3.63) is 93.4 Å². The van der Waals surface area contributed by atoms with E-state index in [0.29, 0.717) is 0 Å². The van der Waals surface area contributed by atoms with E-state index in [0.717, 1.165) is 28.0 Å². The summed E-state index contributed by atoms with van der Waals surface area (Å²) in [7, 11) is 0. The Kier molecular flexibility index (Phi) is 2.60. The second-order valence-corrected chi connectivity index (χ2v) is 9.00. The summed E-state index contributed by atoms with van der Waals surface area (Å²) in [6, 6.07) is 21.0. The Balaban J connectivity index is 1.52. The Morgan fingerprint density at radius 1 is 0.786 bits per heavy atom. The maximum atomic E-state index is 12.9. The van der Waals surface area contributed by atoms with E-state index < -0.39 is 11.8 Å². The number of ketones is 2. The highest BCUT2D eigenvalue weighted by Gasteiger charge is 2.52. The lowest BCUT2D eigenvalue weighted by molar-refractivity contribution is -0.138. The van der Waals surface area contributed by atoms with Gasteiger partial charge in [-0.3, -0.25) is 9.59 Å². The number of fused-ring (bicyclic) bond motifs is 5. The minimum absolute atomic E-state index is 0.224. The standard InChI is InChI=1S/C25H14O2S/c26-22-19-15-7-3-4-8-16(15)21(23(22)27)25-20(19)18-11-14-9-12-5-1-2-6-13(12)10-17(14)24(18)28-25/h1-10,19,21H,11H2. The highest BCUT2D eigenvalue weighted by Crippen LogP contribution is 2.58. The largest absolute Gasteiger partial charge is 0.290 e. The summed E-state index contributed by atoms with van der Waals surface area (Å²) in [4.78, 5) is 28.1. The number of rotatable bonds is 0. The Bertz CT molecular complexity index is 1390. The van der Waals surface area contributed by atoms with Crippen molar-refractivity contribution in [3.8, 4) is 10.4 Å². The summed E-state index contributed by atoms with van der Waals surface area (Å²) in [5.74, 6) is -1.26. The van der Waals surface area contributed by atoms with E-state index in [9.17, 15) is 9.59 Å². The molecule has 0 N–H and O–H groups in total. The highest BCUT2D eigenvalue weighted by molar-refractivity contribution is 7.16. The molecule has 0 saturated heterocycles. The molecule has 0 amide bonds. The van der Waals surface area contributed by atoms with E-state index in [1.165, 1.54) is 32.3 Å². The monoisotopic (exact) mass is 378 g/mol. The fourth-order valence-corrected chi connectivity index (χ4v) is 6.94. The van der Waals surface area contributed by atoms with Crippen molar-refractivity contribution in [2.45, 2.75) is 18.3 Å². The molecular formula is C25H14O2S. The summed E-state index contributed by atoms with van der Waals surface area (Å²) < 4.78 is 0. The van der Waals surface area contributed by atoms with Crippen molar-refractivity contribution >= 4 is 33.7 Å². The van der Waals surface area contributed by atoms with Crippen LogP contribution in [-0.4, -0.2) is 11.6 Å². The smallest absolute Gasteiger partial charge is 0.212 e. The van der Waals surface area contributed by atoms with Crippen LogP contribution in [0.3, 0.4) is 0 Å². The van der Waals surface area contributed by atoms with Crippen LogP contribution in [0.15, 0.2) is 60.7 Å². The second kappa shape index (κ2) is 4.86. The maximum Gasteiger partial charge on any atom is 0.212 e. The van der Waals surface area contributed by atoms with E-state index in [1.807, 2.05) is 24.3 Å². The summed E-state index contributed by atoms with van der Waals surface area (Å²) in [6.07, 6.45) is 0.855. The number of carbonyl (C=O) groups is 2. The molecule has 2 atom stereocenters. The number of hydrogen-bond donors (Lipinski definition) is 0. The summed E-state index contributed by atoms with van der Waals surface area (Å²) in [6.45, 7) is 0. The van der Waals surface area contributed by atoms with Gasteiger partial charge < -0.3 is 0 Å². The molecule has 4 aliphatic carbocycles. The van der Waals surface area contributed by atoms with Gasteiger partial charge in [0.1, 0.15) is 0 Å². The van der Waals surface area contributed by atoms with Crippen LogP contribution in [0, 0.1) is 0 Å². The summed E-state index contributed by atoms with van der Waals surface area (Å²) >= 11 is 1.74. The lowest BCUT2D eigenvalue weighted by Crippen LogP contribution is -2.40. The number of Topliss-reactive ketones (excluding diaryl/α,β-unsaturated/α-hetero) is 2. The van der Waals surface area contributed by atoms with Crippen LogP contribution in [0.2, 0.25) is 0 Å². The molecule has 2 bridgehead atoms. The normalized spacial score (nSPS) is 20.9. The quantitative estimate of drug-likeness (QED) is 0.347. The first-order chi connectivity index (χ1) is 13.7. The minimum Gasteiger partial charge on any atom is -0.290 e. The third-order valence-electron chi connectivity index (χ3n) is 6.60. The van der Waals surface area contributed by atoms with Gasteiger partial charge in [-0.1, -0.05) is 54.6 Å². The fraction of sp³-hybridized carbons (Fsp3) is 0.120. The molecule has 1 aromatic heterocycles. The zero-order valence-corrected chi connectivity index (χ0v) is 15.7. The van der Waals surface area contributed by atoms with Gasteiger partial charge in [0.2, 0.25) is 11.6 Å². The van der Waals surface area contributed by atoms with E-state index in [4.69, 9.17) is 0 Å².